The Balaban J connectivity index is 1.90. The number of hydrogen-bond acceptors (Lipinski definition) is 5. The minimum Gasteiger partial charge on any atom is -0.466 e. The van der Waals surface area contributed by atoms with Crippen LogP contribution in [-0.4, -0.2) is 45.2 Å². The number of hydrogen-bond donors (Lipinski definition) is 1. The van der Waals surface area contributed by atoms with Gasteiger partial charge in [-0.2, -0.15) is 0 Å². The van der Waals surface area contributed by atoms with E-state index in [4.69, 9.17) is 9.47 Å². The summed E-state index contributed by atoms with van der Waals surface area (Å²) in [5, 5.41) is 0. The molecule has 0 saturated carbocycles. The molecule has 0 saturated heterocycles. The van der Waals surface area contributed by atoms with Crippen LogP contribution in [0.2, 0.25) is 0 Å². The lowest BCUT2D eigenvalue weighted by Gasteiger charge is -2.31. The number of ether oxygens (including phenoxy) is 2. The van der Waals surface area contributed by atoms with E-state index >= 15 is 0 Å². The minimum atomic E-state index is -0.646. The van der Waals surface area contributed by atoms with Crippen molar-refractivity contribution in [1.82, 2.24) is 14.9 Å². The fourth-order valence-corrected chi connectivity index (χ4v) is 3.08. The van der Waals surface area contributed by atoms with E-state index in [0.29, 0.717) is 12.4 Å². The van der Waals surface area contributed by atoms with Crippen molar-refractivity contribution in [2.75, 3.05) is 6.61 Å². The maximum absolute atomic E-state index is 12.9. The fraction of sp³-hybridized carbons (Fsp3) is 0.450. The summed E-state index contributed by atoms with van der Waals surface area (Å²) in [6.07, 6.45) is 3.28. The molecule has 0 unspecified atom stereocenters. The van der Waals surface area contributed by atoms with Crippen LogP contribution in [-0.2, 0) is 14.3 Å². The van der Waals surface area contributed by atoms with Gasteiger partial charge in [0.2, 0.25) is 0 Å². The predicted molar refractivity (Wildman–Crippen MR) is 101 cm³/mol. The van der Waals surface area contributed by atoms with Gasteiger partial charge in [0.1, 0.15) is 17.5 Å². The second-order valence-electron chi connectivity index (χ2n) is 7.43. The van der Waals surface area contributed by atoms with E-state index in [-0.39, 0.29) is 12.4 Å². The number of para-hydroxylation sites is 2. The molecule has 1 aliphatic heterocycles. The lowest BCUT2D eigenvalue weighted by molar-refractivity contribution is -0.144. The van der Waals surface area contributed by atoms with Gasteiger partial charge in [-0.15, -0.1) is 0 Å². The lowest BCUT2D eigenvalue weighted by atomic mass is 10.2. The van der Waals surface area contributed by atoms with E-state index in [1.807, 2.05) is 57.2 Å². The van der Waals surface area contributed by atoms with Gasteiger partial charge < -0.3 is 14.5 Å². The molecule has 1 amide bonds. The van der Waals surface area contributed by atoms with Gasteiger partial charge in [0.25, 0.3) is 0 Å². The first-order valence-corrected chi connectivity index (χ1v) is 9.08. The predicted octanol–water partition coefficient (Wildman–Crippen LogP) is 3.73. The van der Waals surface area contributed by atoms with Gasteiger partial charge in [-0.25, -0.2) is 9.78 Å². The van der Waals surface area contributed by atoms with E-state index in [9.17, 15) is 9.59 Å². The molecule has 0 radical (unpaired) electrons. The van der Waals surface area contributed by atoms with Crippen molar-refractivity contribution >= 4 is 23.1 Å². The number of aromatic amines is 1. The smallest absolute Gasteiger partial charge is 0.411 e. The average Bonchev–Trinajstić information content (AvgIpc) is 3.16. The number of imidazole rings is 1. The normalized spacial score (nSPS) is 19.5. The van der Waals surface area contributed by atoms with Crippen molar-refractivity contribution in [1.29, 1.82) is 0 Å². The molecule has 0 bridgehead atoms. The van der Waals surface area contributed by atoms with Gasteiger partial charge in [0.15, 0.2) is 0 Å². The summed E-state index contributed by atoms with van der Waals surface area (Å²) in [4.78, 5) is 34.3. The maximum Gasteiger partial charge on any atom is 0.411 e. The molecule has 1 N–H and O–H groups in total. The number of carbonyl (C=O) groups is 2. The number of rotatable bonds is 4. The Kier molecular flexibility index (Phi) is 5.21. The molecule has 2 aromatic rings. The molecule has 1 aromatic heterocycles. The van der Waals surface area contributed by atoms with E-state index < -0.39 is 23.8 Å². The number of esters is 1. The molecule has 2 atom stereocenters. The lowest BCUT2D eigenvalue weighted by Crippen LogP contribution is -2.42. The summed E-state index contributed by atoms with van der Waals surface area (Å²) in [6.45, 7) is 7.49. The number of fused-ring (bicyclic) bond motifs is 1. The molecular weight excluding hydrogens is 346 g/mol. The Labute approximate surface area is 158 Å². The minimum absolute atomic E-state index is 0.0698. The number of H-pyrrole nitrogens is 1. The summed E-state index contributed by atoms with van der Waals surface area (Å²) < 4.78 is 10.6. The summed E-state index contributed by atoms with van der Waals surface area (Å²) in [7, 11) is 0. The SMILES string of the molecule is CCOC(=O)C[C@@H]1C=C[C@H](c2nc3ccccc3[nH]2)N1C(=O)OC(C)(C)C. The zero-order chi connectivity index (χ0) is 19.6. The zero-order valence-electron chi connectivity index (χ0n) is 16.1. The summed E-state index contributed by atoms with van der Waals surface area (Å²) in [5.41, 5.74) is 1.06. The Morgan fingerprint density at radius 3 is 2.63 bits per heavy atom. The van der Waals surface area contributed by atoms with E-state index in [0.717, 1.165) is 11.0 Å². The van der Waals surface area contributed by atoms with Crippen molar-refractivity contribution in [3.8, 4) is 0 Å². The van der Waals surface area contributed by atoms with Gasteiger partial charge >= 0.3 is 12.1 Å². The first-order chi connectivity index (χ1) is 12.8. The molecule has 2 heterocycles. The van der Waals surface area contributed by atoms with Crippen LogP contribution in [0.3, 0.4) is 0 Å². The van der Waals surface area contributed by atoms with Gasteiger partial charge in [0.05, 0.1) is 30.1 Å². The molecule has 0 spiro atoms. The van der Waals surface area contributed by atoms with Crippen LogP contribution in [0.25, 0.3) is 11.0 Å². The van der Waals surface area contributed by atoms with Crippen molar-refractivity contribution in [2.24, 2.45) is 0 Å². The van der Waals surface area contributed by atoms with Gasteiger partial charge in [-0.1, -0.05) is 24.3 Å². The average molecular weight is 371 g/mol. The van der Waals surface area contributed by atoms with Crippen LogP contribution in [0.15, 0.2) is 36.4 Å². The van der Waals surface area contributed by atoms with Crippen LogP contribution in [0.1, 0.15) is 46.0 Å². The Morgan fingerprint density at radius 1 is 1.22 bits per heavy atom. The van der Waals surface area contributed by atoms with Crippen LogP contribution in [0.4, 0.5) is 4.79 Å². The number of nitrogens with one attached hydrogen (secondary N) is 1. The number of benzene rings is 1. The van der Waals surface area contributed by atoms with Gasteiger partial charge in [-0.3, -0.25) is 9.69 Å². The van der Waals surface area contributed by atoms with E-state index in [2.05, 4.69) is 9.97 Å². The second-order valence-corrected chi connectivity index (χ2v) is 7.43. The molecule has 7 nitrogen and oxygen atoms in total. The molecule has 1 aliphatic rings. The van der Waals surface area contributed by atoms with Crippen LogP contribution < -0.4 is 0 Å². The highest BCUT2D eigenvalue weighted by Gasteiger charge is 2.39. The largest absolute Gasteiger partial charge is 0.466 e. The first-order valence-electron chi connectivity index (χ1n) is 9.08. The molecular formula is C20H25N3O4. The molecule has 1 aromatic carbocycles. The van der Waals surface area contributed by atoms with E-state index in [1.165, 1.54) is 0 Å². The third kappa shape index (κ3) is 4.30. The highest BCUT2D eigenvalue weighted by atomic mass is 16.6. The first kappa shape index (κ1) is 18.9. The van der Waals surface area contributed by atoms with Crippen LogP contribution in [0, 0.1) is 0 Å². The highest BCUT2D eigenvalue weighted by molar-refractivity contribution is 5.77. The molecule has 0 aliphatic carbocycles. The topological polar surface area (TPSA) is 84.5 Å². The van der Waals surface area contributed by atoms with Crippen LogP contribution in [0.5, 0.6) is 0 Å². The van der Waals surface area contributed by atoms with Crippen LogP contribution >= 0.6 is 0 Å². The molecule has 3 rings (SSSR count). The zero-order valence-corrected chi connectivity index (χ0v) is 16.1. The molecule has 7 heteroatoms. The number of nitrogens with zero attached hydrogens (tertiary/aromatic N) is 2. The molecule has 0 fully saturated rings. The number of aromatic nitrogens is 2. The maximum atomic E-state index is 12.9. The Hall–Kier alpha value is -2.83. The summed E-state index contributed by atoms with van der Waals surface area (Å²) in [5.74, 6) is 0.274. The Morgan fingerprint density at radius 2 is 1.96 bits per heavy atom. The van der Waals surface area contributed by atoms with Gasteiger partial charge in [0, 0.05) is 0 Å². The van der Waals surface area contributed by atoms with Crippen molar-refractivity contribution in [2.45, 2.75) is 51.8 Å². The number of carbonyl (C=O) groups excluding carboxylic acids is 2. The quantitative estimate of drug-likeness (QED) is 0.654. The standard InChI is InChI=1S/C20H25N3O4/c1-5-26-17(24)12-13-10-11-16(23(13)19(25)27-20(2,3)4)18-21-14-8-6-7-9-15(14)22-18/h6-11,13,16H,5,12H2,1-4H3,(H,21,22)/t13-,16+/m0/s1. The monoisotopic (exact) mass is 371 g/mol. The molecule has 27 heavy (non-hydrogen) atoms. The number of amides is 1. The van der Waals surface area contributed by atoms with Gasteiger partial charge in [-0.05, 0) is 39.8 Å². The fourth-order valence-electron chi connectivity index (χ4n) is 3.08. The molecule has 144 valence electrons. The summed E-state index contributed by atoms with van der Waals surface area (Å²) in [6, 6.07) is 6.78. The highest BCUT2D eigenvalue weighted by Crippen LogP contribution is 2.33. The van der Waals surface area contributed by atoms with E-state index in [1.54, 1.807) is 11.8 Å². The Bertz CT molecular complexity index is 832. The second kappa shape index (κ2) is 7.42. The summed E-state index contributed by atoms with van der Waals surface area (Å²) >= 11 is 0. The van der Waals surface area contributed by atoms with Crippen molar-refractivity contribution in [3.63, 3.8) is 0 Å². The third-order valence-electron chi connectivity index (χ3n) is 4.15. The van der Waals surface area contributed by atoms with Crippen molar-refractivity contribution in [3.05, 3.63) is 42.2 Å². The van der Waals surface area contributed by atoms with Crippen molar-refractivity contribution < 1.29 is 19.1 Å². The third-order valence-corrected chi connectivity index (χ3v) is 4.15.